The van der Waals surface area contributed by atoms with E-state index in [1.165, 1.54) is 35.5 Å². The van der Waals surface area contributed by atoms with Crippen molar-refractivity contribution in [1.82, 2.24) is 14.5 Å². The van der Waals surface area contributed by atoms with Crippen LogP contribution in [0.4, 0.5) is 0 Å². The summed E-state index contributed by atoms with van der Waals surface area (Å²) in [4.78, 5) is 0.991. The predicted molar refractivity (Wildman–Crippen MR) is 77.5 cm³/mol. The van der Waals surface area contributed by atoms with Crippen molar-refractivity contribution in [2.75, 3.05) is 13.7 Å². The topological polar surface area (TPSA) is 73.2 Å². The highest BCUT2D eigenvalue weighted by Gasteiger charge is 2.20. The molecule has 2 rings (SSSR count). The number of rotatable bonds is 6. The molecular formula is C11H14ClN3O3S2. The van der Waals surface area contributed by atoms with Crippen LogP contribution in [0, 0.1) is 0 Å². The highest BCUT2D eigenvalue weighted by Crippen LogP contribution is 2.28. The van der Waals surface area contributed by atoms with Crippen LogP contribution in [0.2, 0.25) is 4.34 Å². The monoisotopic (exact) mass is 335 g/mol. The van der Waals surface area contributed by atoms with Gasteiger partial charge < -0.3 is 4.74 Å². The molecule has 1 unspecified atom stereocenters. The number of nitrogens with one attached hydrogen (secondary N) is 1. The zero-order valence-corrected chi connectivity index (χ0v) is 13.3. The average molecular weight is 336 g/mol. The second-order valence-electron chi connectivity index (χ2n) is 4.07. The average Bonchev–Trinajstić information content (AvgIpc) is 2.99. The normalized spacial score (nSPS) is 13.6. The van der Waals surface area contributed by atoms with Crippen LogP contribution in [-0.4, -0.2) is 31.9 Å². The summed E-state index contributed by atoms with van der Waals surface area (Å²) in [6.07, 6.45) is 2.36. The summed E-state index contributed by atoms with van der Waals surface area (Å²) in [7, 11) is -0.406. The molecule has 0 aliphatic heterocycles. The number of halogens is 1. The van der Waals surface area contributed by atoms with E-state index in [2.05, 4.69) is 9.82 Å². The second kappa shape index (κ2) is 6.23. The number of thiophene rings is 1. The van der Waals surface area contributed by atoms with Crippen LogP contribution in [0.15, 0.2) is 29.4 Å². The minimum absolute atomic E-state index is 0.124. The molecule has 2 heterocycles. The first kappa shape index (κ1) is 15.5. The maximum absolute atomic E-state index is 12.1. The van der Waals surface area contributed by atoms with Crippen molar-refractivity contribution in [1.29, 1.82) is 0 Å². The van der Waals surface area contributed by atoms with Crippen molar-refractivity contribution in [2.45, 2.75) is 11.0 Å². The van der Waals surface area contributed by atoms with E-state index < -0.39 is 10.0 Å². The summed E-state index contributed by atoms with van der Waals surface area (Å²) in [6.45, 7) is 0.130. The number of hydrogen-bond donors (Lipinski definition) is 1. The Labute approximate surface area is 126 Å². The van der Waals surface area contributed by atoms with E-state index in [9.17, 15) is 8.42 Å². The van der Waals surface area contributed by atoms with Gasteiger partial charge in [0.25, 0.3) is 0 Å². The van der Waals surface area contributed by atoms with Crippen LogP contribution >= 0.6 is 22.9 Å². The molecule has 1 atom stereocenters. The molecule has 9 heteroatoms. The smallest absolute Gasteiger partial charge is 0.243 e. The van der Waals surface area contributed by atoms with Gasteiger partial charge in [-0.2, -0.15) is 5.10 Å². The molecule has 0 aliphatic rings. The molecule has 2 aromatic rings. The second-order valence-corrected chi connectivity index (χ2v) is 7.58. The molecule has 2 aromatic heterocycles. The van der Waals surface area contributed by atoms with E-state index >= 15 is 0 Å². The third kappa shape index (κ3) is 3.58. The van der Waals surface area contributed by atoms with Crippen LogP contribution < -0.4 is 4.72 Å². The highest BCUT2D eigenvalue weighted by molar-refractivity contribution is 7.89. The Morgan fingerprint density at radius 1 is 1.55 bits per heavy atom. The van der Waals surface area contributed by atoms with Gasteiger partial charge in [0.1, 0.15) is 11.0 Å². The molecule has 0 aromatic carbocycles. The maximum atomic E-state index is 12.1. The summed E-state index contributed by atoms with van der Waals surface area (Å²) in [5.41, 5.74) is 0. The largest absolute Gasteiger partial charge is 0.375 e. The number of sulfonamides is 1. The van der Waals surface area contributed by atoms with Gasteiger partial charge in [0.2, 0.25) is 10.0 Å². The lowest BCUT2D eigenvalue weighted by Gasteiger charge is -2.14. The Bertz CT molecular complexity index is 681. The standard InChI is InChI=1S/C11H14ClN3O3S2/c1-15-7-8(5-13-15)20(16,17)14-6-9(18-2)10-3-4-11(12)19-10/h3-5,7,9,14H,6H2,1-2H3. The van der Waals surface area contributed by atoms with Gasteiger partial charge in [-0.1, -0.05) is 11.6 Å². The molecule has 0 saturated carbocycles. The lowest BCUT2D eigenvalue weighted by Crippen LogP contribution is -2.28. The highest BCUT2D eigenvalue weighted by atomic mass is 35.5. The minimum Gasteiger partial charge on any atom is -0.375 e. The fourth-order valence-corrected chi connectivity index (χ4v) is 3.76. The van der Waals surface area contributed by atoms with E-state index in [0.29, 0.717) is 4.34 Å². The summed E-state index contributed by atoms with van der Waals surface area (Å²) in [5.74, 6) is 0. The van der Waals surface area contributed by atoms with Gasteiger partial charge in [0.15, 0.2) is 0 Å². The van der Waals surface area contributed by atoms with Crippen LogP contribution in [-0.2, 0) is 21.8 Å². The summed E-state index contributed by atoms with van der Waals surface area (Å²) >= 11 is 7.22. The molecule has 0 aliphatic carbocycles. The quantitative estimate of drug-likeness (QED) is 0.873. The third-order valence-corrected chi connectivity index (χ3v) is 5.35. The Kier molecular flexibility index (Phi) is 4.82. The van der Waals surface area contributed by atoms with Gasteiger partial charge in [-0.3, -0.25) is 4.68 Å². The van der Waals surface area contributed by atoms with Crippen LogP contribution in [0.25, 0.3) is 0 Å². The van der Waals surface area contributed by atoms with Gasteiger partial charge in [-0.25, -0.2) is 13.1 Å². The molecule has 0 amide bonds. The summed E-state index contributed by atoms with van der Waals surface area (Å²) in [5, 5.41) is 3.84. The zero-order valence-electron chi connectivity index (χ0n) is 10.9. The van der Waals surface area contributed by atoms with Gasteiger partial charge in [-0.15, -0.1) is 11.3 Å². The number of nitrogens with zero attached hydrogens (tertiary/aromatic N) is 2. The molecular weight excluding hydrogens is 322 g/mol. The third-order valence-electron chi connectivity index (χ3n) is 2.65. The SMILES string of the molecule is COC(CNS(=O)(=O)c1cnn(C)c1)c1ccc(Cl)s1. The minimum atomic E-state index is -3.59. The van der Waals surface area contributed by atoms with Gasteiger partial charge >= 0.3 is 0 Å². The molecule has 0 radical (unpaired) electrons. The van der Waals surface area contributed by atoms with E-state index in [4.69, 9.17) is 16.3 Å². The van der Waals surface area contributed by atoms with Crippen molar-refractivity contribution in [3.63, 3.8) is 0 Å². The first-order valence-electron chi connectivity index (χ1n) is 5.68. The van der Waals surface area contributed by atoms with Crippen molar-refractivity contribution >= 4 is 33.0 Å². The lowest BCUT2D eigenvalue weighted by atomic mass is 10.3. The fraction of sp³-hybridized carbons (Fsp3) is 0.364. The maximum Gasteiger partial charge on any atom is 0.243 e. The van der Waals surface area contributed by atoms with Crippen molar-refractivity contribution in [2.24, 2.45) is 7.05 Å². The number of aromatic nitrogens is 2. The van der Waals surface area contributed by atoms with Crippen molar-refractivity contribution < 1.29 is 13.2 Å². The van der Waals surface area contributed by atoms with Crippen LogP contribution in [0.5, 0.6) is 0 Å². The number of aryl methyl sites for hydroxylation is 1. The van der Waals surface area contributed by atoms with Crippen molar-refractivity contribution in [3.05, 3.63) is 33.7 Å². The zero-order chi connectivity index (χ0) is 14.8. The molecule has 0 saturated heterocycles. The molecule has 6 nitrogen and oxygen atoms in total. The summed E-state index contributed by atoms with van der Waals surface area (Å²) < 4.78 is 34.0. The van der Waals surface area contributed by atoms with Crippen LogP contribution in [0.1, 0.15) is 11.0 Å². The van der Waals surface area contributed by atoms with E-state index in [1.807, 2.05) is 6.07 Å². The Balaban J connectivity index is 2.06. The Morgan fingerprint density at radius 2 is 2.30 bits per heavy atom. The molecule has 0 fully saturated rings. The Hall–Kier alpha value is -0.930. The Morgan fingerprint density at radius 3 is 2.80 bits per heavy atom. The molecule has 0 bridgehead atoms. The first-order valence-corrected chi connectivity index (χ1v) is 8.36. The molecule has 20 heavy (non-hydrogen) atoms. The first-order chi connectivity index (χ1) is 9.42. The molecule has 0 spiro atoms. The summed E-state index contributed by atoms with van der Waals surface area (Å²) in [6, 6.07) is 3.57. The van der Waals surface area contributed by atoms with Gasteiger partial charge in [0, 0.05) is 31.8 Å². The van der Waals surface area contributed by atoms with E-state index in [0.717, 1.165) is 4.88 Å². The number of hydrogen-bond acceptors (Lipinski definition) is 5. The van der Waals surface area contributed by atoms with Crippen molar-refractivity contribution in [3.8, 4) is 0 Å². The fourth-order valence-electron chi connectivity index (χ4n) is 1.61. The lowest BCUT2D eigenvalue weighted by molar-refractivity contribution is 0.110. The molecule has 110 valence electrons. The van der Waals surface area contributed by atoms with Gasteiger partial charge in [-0.05, 0) is 12.1 Å². The van der Waals surface area contributed by atoms with Gasteiger partial charge in [0.05, 0.1) is 10.5 Å². The van der Waals surface area contributed by atoms with E-state index in [-0.39, 0.29) is 17.5 Å². The molecule has 1 N–H and O–H groups in total. The van der Waals surface area contributed by atoms with Crippen LogP contribution in [0.3, 0.4) is 0 Å². The predicted octanol–water partition coefficient (Wildman–Crippen LogP) is 1.80. The number of ether oxygens (including phenoxy) is 1. The van der Waals surface area contributed by atoms with E-state index in [1.54, 1.807) is 13.1 Å². The number of methoxy groups -OCH3 is 1.